The lowest BCUT2D eigenvalue weighted by Crippen LogP contribution is -2.32. The number of hydrogen-bond acceptors (Lipinski definition) is 3. The van der Waals surface area contributed by atoms with Gasteiger partial charge in [-0.05, 0) is 17.7 Å². The zero-order valence-electron chi connectivity index (χ0n) is 8.73. The van der Waals surface area contributed by atoms with Crippen LogP contribution < -0.4 is 5.73 Å². The molecule has 0 spiro atoms. The summed E-state index contributed by atoms with van der Waals surface area (Å²) >= 11 is 3.38. The van der Waals surface area contributed by atoms with Crippen molar-refractivity contribution in [3.05, 3.63) is 34.3 Å². The Kier molecular flexibility index (Phi) is 3.46. The Morgan fingerprint density at radius 3 is 2.75 bits per heavy atom. The molecule has 1 saturated heterocycles. The van der Waals surface area contributed by atoms with Crippen LogP contribution in [0.15, 0.2) is 28.7 Å². The molecule has 86 valence electrons. The number of nitrogens with two attached hydrogens (primary N) is 1. The molecule has 1 aromatic rings. The number of cyclic esters (lactones) is 1. The normalized spacial score (nSPS) is 20.0. The Balaban J connectivity index is 2.19. The van der Waals surface area contributed by atoms with Gasteiger partial charge in [0.2, 0.25) is 0 Å². The Morgan fingerprint density at radius 2 is 2.12 bits per heavy atom. The Hall–Kier alpha value is -1.07. The molecule has 1 heterocycles. The standard InChI is InChI=1S/C11H13BrN2O2/c12-9-3-1-8(2-4-9)10-7-16-11(15)14(10)6-5-13/h1-4,10H,5-7,13H2. The minimum absolute atomic E-state index is 0.0100. The number of ether oxygens (including phenoxy) is 1. The van der Waals surface area contributed by atoms with Crippen molar-refractivity contribution >= 4 is 22.0 Å². The molecule has 1 fully saturated rings. The van der Waals surface area contributed by atoms with E-state index in [0.29, 0.717) is 19.7 Å². The van der Waals surface area contributed by atoms with Crippen LogP contribution in [0.3, 0.4) is 0 Å². The van der Waals surface area contributed by atoms with Crippen LogP contribution in [-0.2, 0) is 4.74 Å². The van der Waals surface area contributed by atoms with Gasteiger partial charge in [0.15, 0.2) is 0 Å². The molecular formula is C11H13BrN2O2. The second-order valence-corrected chi connectivity index (χ2v) is 4.54. The van der Waals surface area contributed by atoms with Gasteiger partial charge >= 0.3 is 6.09 Å². The molecule has 0 saturated carbocycles. The number of carbonyl (C=O) groups is 1. The highest BCUT2D eigenvalue weighted by atomic mass is 79.9. The fourth-order valence-electron chi connectivity index (χ4n) is 1.80. The number of nitrogens with zero attached hydrogens (tertiary/aromatic N) is 1. The van der Waals surface area contributed by atoms with E-state index < -0.39 is 0 Å². The molecular weight excluding hydrogens is 272 g/mol. The van der Waals surface area contributed by atoms with Gasteiger partial charge in [-0.25, -0.2) is 4.79 Å². The van der Waals surface area contributed by atoms with Crippen LogP contribution >= 0.6 is 15.9 Å². The summed E-state index contributed by atoms with van der Waals surface area (Å²) in [6.07, 6.45) is -0.279. The van der Waals surface area contributed by atoms with Gasteiger partial charge in [0.25, 0.3) is 0 Å². The minimum atomic E-state index is -0.279. The van der Waals surface area contributed by atoms with Crippen LogP contribution in [0, 0.1) is 0 Å². The molecule has 2 rings (SSSR count). The van der Waals surface area contributed by atoms with E-state index in [1.807, 2.05) is 24.3 Å². The molecule has 0 radical (unpaired) electrons. The van der Waals surface area contributed by atoms with Crippen molar-refractivity contribution in [1.29, 1.82) is 0 Å². The first-order valence-corrected chi connectivity index (χ1v) is 5.90. The van der Waals surface area contributed by atoms with E-state index >= 15 is 0 Å². The third-order valence-electron chi connectivity index (χ3n) is 2.60. The maximum absolute atomic E-state index is 11.5. The molecule has 1 unspecified atom stereocenters. The minimum Gasteiger partial charge on any atom is -0.447 e. The van der Waals surface area contributed by atoms with E-state index in [-0.39, 0.29) is 12.1 Å². The largest absolute Gasteiger partial charge is 0.447 e. The smallest absolute Gasteiger partial charge is 0.410 e. The topological polar surface area (TPSA) is 55.6 Å². The molecule has 16 heavy (non-hydrogen) atoms. The number of rotatable bonds is 3. The van der Waals surface area contributed by atoms with Gasteiger partial charge in [-0.3, -0.25) is 4.90 Å². The second kappa shape index (κ2) is 4.84. The predicted octanol–water partition coefficient (Wildman–Crippen LogP) is 1.90. The molecule has 0 aromatic heterocycles. The summed E-state index contributed by atoms with van der Waals surface area (Å²) in [5.41, 5.74) is 6.55. The second-order valence-electron chi connectivity index (χ2n) is 3.63. The van der Waals surface area contributed by atoms with Crippen LogP contribution in [0.1, 0.15) is 11.6 Å². The quantitative estimate of drug-likeness (QED) is 0.922. The molecule has 1 aliphatic heterocycles. The summed E-state index contributed by atoms with van der Waals surface area (Å²) in [6.45, 7) is 1.38. The van der Waals surface area contributed by atoms with E-state index in [1.54, 1.807) is 4.90 Å². The van der Waals surface area contributed by atoms with Gasteiger partial charge < -0.3 is 10.5 Å². The third kappa shape index (κ3) is 2.20. The number of amides is 1. The number of halogens is 1. The Labute approximate surface area is 102 Å². The third-order valence-corrected chi connectivity index (χ3v) is 3.13. The van der Waals surface area contributed by atoms with Crippen molar-refractivity contribution < 1.29 is 9.53 Å². The first-order chi connectivity index (χ1) is 7.72. The van der Waals surface area contributed by atoms with Crippen molar-refractivity contribution in [2.24, 2.45) is 5.73 Å². The maximum Gasteiger partial charge on any atom is 0.410 e. The van der Waals surface area contributed by atoms with Crippen molar-refractivity contribution in [3.8, 4) is 0 Å². The highest BCUT2D eigenvalue weighted by Gasteiger charge is 2.33. The molecule has 0 aliphatic carbocycles. The number of hydrogen-bond donors (Lipinski definition) is 1. The molecule has 1 aromatic carbocycles. The molecule has 2 N–H and O–H groups in total. The van der Waals surface area contributed by atoms with Gasteiger partial charge in [0.05, 0.1) is 6.04 Å². The lowest BCUT2D eigenvalue weighted by molar-refractivity contribution is 0.158. The van der Waals surface area contributed by atoms with Crippen LogP contribution in [-0.4, -0.2) is 30.7 Å². The highest BCUT2D eigenvalue weighted by Crippen LogP contribution is 2.27. The van der Waals surface area contributed by atoms with Gasteiger partial charge in [0.1, 0.15) is 6.61 Å². The molecule has 1 amide bonds. The van der Waals surface area contributed by atoms with Gasteiger partial charge in [-0.1, -0.05) is 28.1 Å². The molecule has 1 aliphatic rings. The summed E-state index contributed by atoms with van der Waals surface area (Å²) in [6, 6.07) is 7.88. The van der Waals surface area contributed by atoms with E-state index in [9.17, 15) is 4.79 Å². The summed E-state index contributed by atoms with van der Waals surface area (Å²) in [7, 11) is 0. The van der Waals surface area contributed by atoms with Crippen LogP contribution in [0.4, 0.5) is 4.79 Å². The first-order valence-electron chi connectivity index (χ1n) is 5.11. The van der Waals surface area contributed by atoms with Crippen LogP contribution in [0.25, 0.3) is 0 Å². The van der Waals surface area contributed by atoms with Crippen molar-refractivity contribution in [3.63, 3.8) is 0 Å². The van der Waals surface area contributed by atoms with Gasteiger partial charge in [-0.15, -0.1) is 0 Å². The first kappa shape index (κ1) is 11.4. The average Bonchev–Trinajstić information content (AvgIpc) is 2.63. The summed E-state index contributed by atoms with van der Waals surface area (Å²) in [4.78, 5) is 13.1. The zero-order chi connectivity index (χ0) is 11.5. The van der Waals surface area contributed by atoms with E-state index in [2.05, 4.69) is 15.9 Å². The van der Waals surface area contributed by atoms with E-state index in [1.165, 1.54) is 0 Å². The molecule has 1 atom stereocenters. The Bertz CT molecular complexity index is 380. The van der Waals surface area contributed by atoms with Gasteiger partial charge in [0, 0.05) is 17.6 Å². The molecule has 0 bridgehead atoms. The van der Waals surface area contributed by atoms with Crippen LogP contribution in [0.5, 0.6) is 0 Å². The maximum atomic E-state index is 11.5. The van der Waals surface area contributed by atoms with Crippen molar-refractivity contribution in [2.45, 2.75) is 6.04 Å². The lowest BCUT2D eigenvalue weighted by Gasteiger charge is -2.20. The molecule has 4 nitrogen and oxygen atoms in total. The summed E-state index contributed by atoms with van der Waals surface area (Å²) < 4.78 is 6.06. The highest BCUT2D eigenvalue weighted by molar-refractivity contribution is 9.10. The average molecular weight is 285 g/mol. The summed E-state index contributed by atoms with van der Waals surface area (Å²) in [5.74, 6) is 0. The lowest BCUT2D eigenvalue weighted by atomic mass is 10.1. The monoisotopic (exact) mass is 284 g/mol. The molecule has 5 heteroatoms. The number of carbonyl (C=O) groups excluding carboxylic acids is 1. The fraction of sp³-hybridized carbons (Fsp3) is 0.364. The van der Waals surface area contributed by atoms with Gasteiger partial charge in [-0.2, -0.15) is 0 Å². The van der Waals surface area contributed by atoms with Crippen LogP contribution in [0.2, 0.25) is 0 Å². The van der Waals surface area contributed by atoms with Crippen molar-refractivity contribution in [1.82, 2.24) is 4.90 Å². The fourth-order valence-corrected chi connectivity index (χ4v) is 2.06. The Morgan fingerprint density at radius 1 is 1.44 bits per heavy atom. The summed E-state index contributed by atoms with van der Waals surface area (Å²) in [5, 5.41) is 0. The van der Waals surface area contributed by atoms with E-state index in [4.69, 9.17) is 10.5 Å². The zero-order valence-corrected chi connectivity index (χ0v) is 10.3. The van der Waals surface area contributed by atoms with Crippen molar-refractivity contribution in [2.75, 3.05) is 19.7 Å². The predicted molar refractivity (Wildman–Crippen MR) is 64.0 cm³/mol. The number of benzene rings is 1. The SMILES string of the molecule is NCCN1C(=O)OCC1c1ccc(Br)cc1. The van der Waals surface area contributed by atoms with E-state index in [0.717, 1.165) is 10.0 Å².